The van der Waals surface area contributed by atoms with Crippen LogP contribution in [0.2, 0.25) is 5.02 Å². The first-order valence-electron chi connectivity index (χ1n) is 6.22. The number of benzene rings is 1. The zero-order chi connectivity index (χ0) is 15.4. The Balaban J connectivity index is 2.39. The molecule has 0 unspecified atom stereocenters. The standard InChI is InChI=1S/C13H15ClN4O2S/c1-4-11-16-17-13(21)18(11)15-7-8-5-9(14)12(20-3)10(6-8)19-2/h5-7H,4H2,1-3H3,(H,17,21)/b15-7-. The van der Waals surface area contributed by atoms with Crippen molar-refractivity contribution in [2.24, 2.45) is 5.10 Å². The first-order chi connectivity index (χ1) is 10.1. The highest BCUT2D eigenvalue weighted by molar-refractivity contribution is 7.71. The average Bonchev–Trinajstić information content (AvgIpc) is 2.84. The third kappa shape index (κ3) is 3.25. The summed E-state index contributed by atoms with van der Waals surface area (Å²) in [7, 11) is 3.09. The molecular formula is C13H15ClN4O2S. The molecule has 8 heteroatoms. The molecule has 0 amide bonds. The third-order valence-corrected chi connectivity index (χ3v) is 3.36. The Morgan fingerprint density at radius 1 is 1.43 bits per heavy atom. The van der Waals surface area contributed by atoms with Gasteiger partial charge in [0.25, 0.3) is 0 Å². The van der Waals surface area contributed by atoms with Crippen LogP contribution in [0.5, 0.6) is 11.5 Å². The molecular weight excluding hydrogens is 312 g/mol. The molecule has 2 aromatic rings. The number of rotatable bonds is 5. The number of hydrogen-bond acceptors (Lipinski definition) is 5. The summed E-state index contributed by atoms with van der Waals surface area (Å²) >= 11 is 11.3. The molecule has 0 spiro atoms. The molecule has 1 aromatic carbocycles. The number of hydrogen-bond donors (Lipinski definition) is 1. The molecule has 0 aliphatic rings. The summed E-state index contributed by atoms with van der Waals surface area (Å²) in [5.41, 5.74) is 0.766. The van der Waals surface area contributed by atoms with E-state index in [9.17, 15) is 0 Å². The van der Waals surface area contributed by atoms with E-state index in [0.29, 0.717) is 21.3 Å². The lowest BCUT2D eigenvalue weighted by Crippen LogP contribution is -1.98. The van der Waals surface area contributed by atoms with Gasteiger partial charge in [0.15, 0.2) is 17.3 Å². The van der Waals surface area contributed by atoms with Crippen molar-refractivity contribution in [2.45, 2.75) is 13.3 Å². The molecule has 21 heavy (non-hydrogen) atoms. The van der Waals surface area contributed by atoms with Crippen LogP contribution >= 0.6 is 23.8 Å². The van der Waals surface area contributed by atoms with Crippen molar-refractivity contribution < 1.29 is 9.47 Å². The molecule has 0 saturated carbocycles. The van der Waals surface area contributed by atoms with E-state index in [0.717, 1.165) is 17.8 Å². The number of halogens is 1. The lowest BCUT2D eigenvalue weighted by Gasteiger charge is -2.09. The SMILES string of the molecule is CCc1n[nH]c(=S)n1/N=C\c1cc(Cl)c(OC)c(OC)c1. The van der Waals surface area contributed by atoms with Crippen LogP contribution in [0.15, 0.2) is 17.2 Å². The van der Waals surface area contributed by atoms with E-state index in [2.05, 4.69) is 15.3 Å². The van der Waals surface area contributed by atoms with E-state index in [-0.39, 0.29) is 0 Å². The van der Waals surface area contributed by atoms with Crippen molar-refractivity contribution >= 4 is 30.0 Å². The lowest BCUT2D eigenvalue weighted by atomic mass is 10.2. The molecule has 112 valence electrons. The predicted octanol–water partition coefficient (Wildman–Crippen LogP) is 3.06. The smallest absolute Gasteiger partial charge is 0.216 e. The number of nitrogens with zero attached hydrogens (tertiary/aromatic N) is 3. The minimum absolute atomic E-state index is 0.440. The number of aromatic amines is 1. The van der Waals surface area contributed by atoms with Crippen LogP contribution in [0, 0.1) is 4.77 Å². The van der Waals surface area contributed by atoms with Crippen molar-refractivity contribution in [1.82, 2.24) is 14.9 Å². The van der Waals surface area contributed by atoms with E-state index in [1.54, 1.807) is 30.1 Å². The Hall–Kier alpha value is -1.86. The number of ether oxygens (including phenoxy) is 2. The van der Waals surface area contributed by atoms with Gasteiger partial charge in [-0.2, -0.15) is 14.9 Å². The Morgan fingerprint density at radius 2 is 2.19 bits per heavy atom. The minimum Gasteiger partial charge on any atom is -0.493 e. The van der Waals surface area contributed by atoms with Gasteiger partial charge in [0.05, 0.1) is 25.5 Å². The van der Waals surface area contributed by atoms with Gasteiger partial charge in [-0.05, 0) is 29.9 Å². The highest BCUT2D eigenvalue weighted by Gasteiger charge is 2.10. The van der Waals surface area contributed by atoms with Gasteiger partial charge in [0, 0.05) is 6.42 Å². The second-order valence-electron chi connectivity index (χ2n) is 4.09. The fourth-order valence-corrected chi connectivity index (χ4v) is 2.30. The Bertz CT molecular complexity index is 723. The molecule has 1 aromatic heterocycles. The van der Waals surface area contributed by atoms with Crippen LogP contribution in [0.3, 0.4) is 0 Å². The topological polar surface area (TPSA) is 64.4 Å². The largest absolute Gasteiger partial charge is 0.493 e. The number of H-pyrrole nitrogens is 1. The van der Waals surface area contributed by atoms with Crippen LogP contribution in [0.1, 0.15) is 18.3 Å². The second-order valence-corrected chi connectivity index (χ2v) is 4.89. The Labute approximate surface area is 132 Å². The minimum atomic E-state index is 0.440. The van der Waals surface area contributed by atoms with E-state index in [4.69, 9.17) is 33.3 Å². The molecule has 0 saturated heterocycles. The van der Waals surface area contributed by atoms with Gasteiger partial charge in [-0.1, -0.05) is 18.5 Å². The number of nitrogens with one attached hydrogen (secondary N) is 1. The van der Waals surface area contributed by atoms with Crippen molar-refractivity contribution in [3.8, 4) is 11.5 Å². The summed E-state index contributed by atoms with van der Waals surface area (Å²) in [6.07, 6.45) is 2.36. The van der Waals surface area contributed by atoms with Crippen LogP contribution in [-0.2, 0) is 6.42 Å². The average molecular weight is 327 g/mol. The molecule has 0 bridgehead atoms. The van der Waals surface area contributed by atoms with Crippen molar-refractivity contribution in [2.75, 3.05) is 14.2 Å². The number of aromatic nitrogens is 3. The van der Waals surface area contributed by atoms with Gasteiger partial charge in [0.2, 0.25) is 4.77 Å². The summed E-state index contributed by atoms with van der Waals surface area (Å²) < 4.78 is 12.4. The summed E-state index contributed by atoms with van der Waals surface area (Å²) in [5, 5.41) is 11.6. The molecule has 2 rings (SSSR count). The molecule has 0 atom stereocenters. The van der Waals surface area contributed by atoms with Crippen LogP contribution < -0.4 is 9.47 Å². The van der Waals surface area contributed by atoms with E-state index >= 15 is 0 Å². The fourth-order valence-electron chi connectivity index (χ4n) is 1.81. The maximum absolute atomic E-state index is 6.15. The van der Waals surface area contributed by atoms with E-state index in [1.807, 2.05) is 6.92 Å². The highest BCUT2D eigenvalue weighted by atomic mass is 35.5. The lowest BCUT2D eigenvalue weighted by molar-refractivity contribution is 0.355. The van der Waals surface area contributed by atoms with Gasteiger partial charge >= 0.3 is 0 Å². The zero-order valence-corrected chi connectivity index (χ0v) is 13.5. The van der Waals surface area contributed by atoms with Crippen molar-refractivity contribution in [3.63, 3.8) is 0 Å². The Kier molecular flexibility index (Phi) is 4.98. The zero-order valence-electron chi connectivity index (χ0n) is 11.9. The normalized spacial score (nSPS) is 11.0. The third-order valence-electron chi connectivity index (χ3n) is 2.81. The summed E-state index contributed by atoms with van der Waals surface area (Å²) in [5.74, 6) is 1.78. The van der Waals surface area contributed by atoms with Crippen LogP contribution in [0.25, 0.3) is 0 Å². The van der Waals surface area contributed by atoms with E-state index in [1.165, 1.54) is 7.11 Å². The van der Waals surface area contributed by atoms with Gasteiger partial charge in [0.1, 0.15) is 0 Å². The highest BCUT2D eigenvalue weighted by Crippen LogP contribution is 2.35. The monoisotopic (exact) mass is 326 g/mol. The van der Waals surface area contributed by atoms with Crippen molar-refractivity contribution in [1.29, 1.82) is 0 Å². The van der Waals surface area contributed by atoms with Crippen molar-refractivity contribution in [3.05, 3.63) is 33.3 Å². The first-order valence-corrected chi connectivity index (χ1v) is 7.01. The molecule has 1 heterocycles. The maximum atomic E-state index is 6.15. The van der Waals surface area contributed by atoms with E-state index < -0.39 is 0 Å². The summed E-state index contributed by atoms with van der Waals surface area (Å²) in [6.45, 7) is 1.98. The molecule has 0 aliphatic carbocycles. The van der Waals surface area contributed by atoms with Gasteiger partial charge in [-0.15, -0.1) is 0 Å². The molecule has 0 radical (unpaired) electrons. The first kappa shape index (κ1) is 15.5. The van der Waals surface area contributed by atoms with Gasteiger partial charge in [-0.25, -0.2) is 0 Å². The summed E-state index contributed by atoms with van der Waals surface area (Å²) in [6, 6.07) is 3.52. The fraction of sp³-hybridized carbons (Fsp3) is 0.308. The second kappa shape index (κ2) is 6.73. The number of aryl methyl sites for hydroxylation is 1. The predicted molar refractivity (Wildman–Crippen MR) is 84.3 cm³/mol. The molecule has 0 aliphatic heterocycles. The quantitative estimate of drug-likeness (QED) is 0.677. The summed E-state index contributed by atoms with van der Waals surface area (Å²) in [4.78, 5) is 0. The Morgan fingerprint density at radius 3 is 2.81 bits per heavy atom. The van der Waals surface area contributed by atoms with Crippen LogP contribution in [0.4, 0.5) is 0 Å². The molecule has 6 nitrogen and oxygen atoms in total. The molecule has 0 fully saturated rings. The van der Waals surface area contributed by atoms with Crippen LogP contribution in [-0.4, -0.2) is 35.3 Å². The molecule has 1 N–H and O–H groups in total. The van der Waals surface area contributed by atoms with Gasteiger partial charge in [-0.3, -0.25) is 5.10 Å². The number of methoxy groups -OCH3 is 2. The maximum Gasteiger partial charge on any atom is 0.216 e. The van der Waals surface area contributed by atoms with Gasteiger partial charge < -0.3 is 9.47 Å².